The predicted octanol–water partition coefficient (Wildman–Crippen LogP) is 2.66. The van der Waals surface area contributed by atoms with Gasteiger partial charge in [-0.2, -0.15) is 0 Å². The van der Waals surface area contributed by atoms with Crippen molar-refractivity contribution >= 4 is 26.0 Å². The van der Waals surface area contributed by atoms with E-state index in [1.807, 2.05) is 6.92 Å². The average Bonchev–Trinajstić information content (AvgIpc) is 2.17. The second kappa shape index (κ2) is 6.97. The second-order valence-corrected chi connectivity index (χ2v) is 7.37. The largest absolute Gasteiger partial charge is 0.212 e. The van der Waals surface area contributed by atoms with Gasteiger partial charge in [0.15, 0.2) is 0 Å². The molecule has 16 heavy (non-hydrogen) atoms. The van der Waals surface area contributed by atoms with Gasteiger partial charge in [-0.05, 0) is 32.1 Å². The van der Waals surface area contributed by atoms with Gasteiger partial charge in [-0.25, -0.2) is 13.1 Å². The summed E-state index contributed by atoms with van der Waals surface area (Å²) >= 11 is 3.32. The molecule has 1 saturated carbocycles. The second-order valence-electron chi connectivity index (χ2n) is 4.78. The zero-order valence-electron chi connectivity index (χ0n) is 9.91. The standard InChI is InChI=1S/C11H22BrNO2S/c1-10(7-8-12)13-16(14,15)9-11-5-3-2-4-6-11/h10-11,13H,2-9H2,1H3. The van der Waals surface area contributed by atoms with Gasteiger partial charge in [-0.15, -0.1) is 0 Å². The van der Waals surface area contributed by atoms with Gasteiger partial charge in [0.1, 0.15) is 0 Å². The Balaban J connectivity index is 2.38. The first-order valence-corrected chi connectivity index (χ1v) is 8.87. The van der Waals surface area contributed by atoms with Crippen molar-refractivity contribution in [1.82, 2.24) is 4.72 Å². The van der Waals surface area contributed by atoms with Gasteiger partial charge in [-0.3, -0.25) is 0 Å². The fourth-order valence-electron chi connectivity index (χ4n) is 2.24. The average molecular weight is 312 g/mol. The Morgan fingerprint density at radius 2 is 1.94 bits per heavy atom. The fourth-order valence-corrected chi connectivity index (χ4v) is 4.71. The third-order valence-corrected chi connectivity index (χ3v) is 5.23. The van der Waals surface area contributed by atoms with Crippen LogP contribution >= 0.6 is 15.9 Å². The number of hydrogen-bond acceptors (Lipinski definition) is 2. The number of halogens is 1. The topological polar surface area (TPSA) is 46.2 Å². The summed E-state index contributed by atoms with van der Waals surface area (Å²) in [6.07, 6.45) is 6.64. The predicted molar refractivity (Wildman–Crippen MR) is 71.4 cm³/mol. The number of nitrogens with one attached hydrogen (secondary N) is 1. The summed E-state index contributed by atoms with van der Waals surface area (Å²) in [6.45, 7) is 1.92. The van der Waals surface area contributed by atoms with E-state index in [1.165, 1.54) is 19.3 Å². The molecular weight excluding hydrogens is 290 g/mol. The summed E-state index contributed by atoms with van der Waals surface area (Å²) in [5, 5.41) is 0.833. The van der Waals surface area contributed by atoms with Crippen molar-refractivity contribution in [2.45, 2.75) is 51.5 Å². The highest BCUT2D eigenvalue weighted by atomic mass is 79.9. The molecule has 0 amide bonds. The Hall–Kier alpha value is 0.390. The summed E-state index contributed by atoms with van der Waals surface area (Å²) in [5.41, 5.74) is 0. The van der Waals surface area contributed by atoms with Gasteiger partial charge < -0.3 is 0 Å². The van der Waals surface area contributed by atoms with Gasteiger partial charge in [-0.1, -0.05) is 35.2 Å². The van der Waals surface area contributed by atoms with Crippen molar-refractivity contribution in [2.75, 3.05) is 11.1 Å². The van der Waals surface area contributed by atoms with Crippen molar-refractivity contribution in [3.63, 3.8) is 0 Å². The van der Waals surface area contributed by atoms with Crippen molar-refractivity contribution in [3.8, 4) is 0 Å². The lowest BCUT2D eigenvalue weighted by molar-refractivity contribution is 0.383. The summed E-state index contributed by atoms with van der Waals surface area (Å²) in [6, 6.07) is 0.0352. The Morgan fingerprint density at radius 1 is 1.31 bits per heavy atom. The van der Waals surface area contributed by atoms with Crippen LogP contribution in [0.25, 0.3) is 0 Å². The molecule has 0 aliphatic heterocycles. The zero-order chi connectivity index (χ0) is 12.0. The zero-order valence-corrected chi connectivity index (χ0v) is 12.3. The maximum absolute atomic E-state index is 11.9. The molecule has 5 heteroatoms. The van der Waals surface area contributed by atoms with Crippen LogP contribution in [-0.4, -0.2) is 25.5 Å². The molecule has 3 nitrogen and oxygen atoms in total. The number of rotatable bonds is 6. The van der Waals surface area contributed by atoms with E-state index in [9.17, 15) is 8.42 Å². The lowest BCUT2D eigenvalue weighted by Gasteiger charge is -2.22. The van der Waals surface area contributed by atoms with Crippen LogP contribution in [0.1, 0.15) is 45.4 Å². The molecule has 1 atom stereocenters. The minimum Gasteiger partial charge on any atom is -0.212 e. The van der Waals surface area contributed by atoms with E-state index in [0.29, 0.717) is 11.7 Å². The molecule has 0 saturated heterocycles. The SMILES string of the molecule is CC(CCBr)NS(=O)(=O)CC1CCCCC1. The molecule has 1 rings (SSSR count). The quantitative estimate of drug-likeness (QED) is 0.767. The van der Waals surface area contributed by atoms with E-state index in [-0.39, 0.29) is 6.04 Å². The first kappa shape index (κ1) is 14.5. The number of sulfonamides is 1. The molecule has 96 valence electrons. The highest BCUT2D eigenvalue weighted by Gasteiger charge is 2.22. The molecule has 0 aromatic rings. The van der Waals surface area contributed by atoms with Crippen LogP contribution in [0.4, 0.5) is 0 Å². The van der Waals surface area contributed by atoms with E-state index in [0.717, 1.165) is 24.6 Å². The highest BCUT2D eigenvalue weighted by molar-refractivity contribution is 9.09. The molecule has 0 heterocycles. The normalized spacial score (nSPS) is 20.9. The van der Waals surface area contributed by atoms with Gasteiger partial charge in [0.2, 0.25) is 10.0 Å². The maximum atomic E-state index is 11.9. The first-order valence-electron chi connectivity index (χ1n) is 6.09. The van der Waals surface area contributed by atoms with Gasteiger partial charge >= 0.3 is 0 Å². The Kier molecular flexibility index (Phi) is 6.29. The maximum Gasteiger partial charge on any atom is 0.212 e. The molecule has 0 bridgehead atoms. The molecule has 1 aliphatic carbocycles. The van der Waals surface area contributed by atoms with Crippen LogP contribution in [0.15, 0.2) is 0 Å². The molecule has 0 aromatic heterocycles. The molecule has 0 spiro atoms. The van der Waals surface area contributed by atoms with E-state index in [2.05, 4.69) is 20.7 Å². The summed E-state index contributed by atoms with van der Waals surface area (Å²) < 4.78 is 26.5. The van der Waals surface area contributed by atoms with Gasteiger partial charge in [0.05, 0.1) is 5.75 Å². The van der Waals surface area contributed by atoms with E-state index in [4.69, 9.17) is 0 Å². The lowest BCUT2D eigenvalue weighted by atomic mass is 9.91. The van der Waals surface area contributed by atoms with E-state index >= 15 is 0 Å². The Morgan fingerprint density at radius 3 is 2.50 bits per heavy atom. The summed E-state index contributed by atoms with van der Waals surface area (Å²) in [4.78, 5) is 0. The third kappa shape index (κ3) is 5.64. The number of hydrogen-bond donors (Lipinski definition) is 1. The Labute approximate surface area is 108 Å². The number of alkyl halides is 1. The van der Waals surface area contributed by atoms with Crippen LogP contribution in [-0.2, 0) is 10.0 Å². The van der Waals surface area contributed by atoms with Crippen LogP contribution in [0.3, 0.4) is 0 Å². The third-order valence-electron chi connectivity index (χ3n) is 3.10. The van der Waals surface area contributed by atoms with E-state index < -0.39 is 10.0 Å². The minimum atomic E-state index is -3.07. The highest BCUT2D eigenvalue weighted by Crippen LogP contribution is 2.24. The summed E-state index contributed by atoms with van der Waals surface area (Å²) in [5.74, 6) is 0.696. The van der Waals surface area contributed by atoms with Crippen molar-refractivity contribution in [2.24, 2.45) is 5.92 Å². The summed E-state index contributed by atoms with van der Waals surface area (Å²) in [7, 11) is -3.07. The molecule has 1 unspecified atom stereocenters. The van der Waals surface area contributed by atoms with Crippen LogP contribution in [0, 0.1) is 5.92 Å². The lowest BCUT2D eigenvalue weighted by Crippen LogP contribution is -2.36. The molecular formula is C11H22BrNO2S. The van der Waals surface area contributed by atoms with Crippen LogP contribution in [0.5, 0.6) is 0 Å². The van der Waals surface area contributed by atoms with Crippen molar-refractivity contribution < 1.29 is 8.42 Å². The van der Waals surface area contributed by atoms with Crippen LogP contribution < -0.4 is 4.72 Å². The van der Waals surface area contributed by atoms with Crippen LogP contribution in [0.2, 0.25) is 0 Å². The van der Waals surface area contributed by atoms with Gasteiger partial charge in [0.25, 0.3) is 0 Å². The molecule has 1 N–H and O–H groups in total. The molecule has 0 radical (unpaired) electrons. The molecule has 1 fully saturated rings. The van der Waals surface area contributed by atoms with Gasteiger partial charge in [0, 0.05) is 11.4 Å². The minimum absolute atomic E-state index is 0.0352. The van der Waals surface area contributed by atoms with Crippen molar-refractivity contribution in [1.29, 1.82) is 0 Å². The smallest absolute Gasteiger partial charge is 0.212 e. The van der Waals surface area contributed by atoms with E-state index in [1.54, 1.807) is 0 Å². The fraction of sp³-hybridized carbons (Fsp3) is 1.00. The molecule has 0 aromatic carbocycles. The van der Waals surface area contributed by atoms with Crippen molar-refractivity contribution in [3.05, 3.63) is 0 Å². The monoisotopic (exact) mass is 311 g/mol. The Bertz CT molecular complexity index is 286. The first-order chi connectivity index (χ1) is 7.53. The molecule has 1 aliphatic rings.